The summed E-state index contributed by atoms with van der Waals surface area (Å²) in [5.41, 5.74) is 4.44. The quantitative estimate of drug-likeness (QED) is 0.323. The first-order valence-corrected chi connectivity index (χ1v) is 12.8. The van der Waals surface area contributed by atoms with E-state index in [0.29, 0.717) is 29.3 Å². The predicted molar refractivity (Wildman–Crippen MR) is 141 cm³/mol. The number of aromatic nitrogens is 1. The smallest absolute Gasteiger partial charge is 0.306 e. The normalized spacial score (nSPS) is 23.3. The van der Waals surface area contributed by atoms with Gasteiger partial charge in [-0.2, -0.15) is 0 Å². The lowest BCUT2D eigenvalue weighted by Gasteiger charge is -2.56. The van der Waals surface area contributed by atoms with E-state index < -0.39 is 5.97 Å². The third-order valence-corrected chi connectivity index (χ3v) is 8.39. The predicted octanol–water partition coefficient (Wildman–Crippen LogP) is 6.43. The van der Waals surface area contributed by atoms with Gasteiger partial charge in [-0.3, -0.25) is 9.59 Å². The fourth-order valence-corrected chi connectivity index (χ4v) is 6.35. The van der Waals surface area contributed by atoms with E-state index in [9.17, 15) is 14.0 Å². The summed E-state index contributed by atoms with van der Waals surface area (Å²) < 4.78 is 16.7. The van der Waals surface area contributed by atoms with E-state index in [4.69, 9.17) is 5.11 Å². The fourth-order valence-electron chi connectivity index (χ4n) is 6.35. The Morgan fingerprint density at radius 1 is 0.946 bits per heavy atom. The van der Waals surface area contributed by atoms with Crippen LogP contribution in [0.2, 0.25) is 0 Å². The summed E-state index contributed by atoms with van der Waals surface area (Å²) >= 11 is 0. The number of fused-ring (bicyclic) bond motifs is 1. The van der Waals surface area contributed by atoms with Gasteiger partial charge < -0.3 is 15.0 Å². The molecule has 3 aromatic carbocycles. The summed E-state index contributed by atoms with van der Waals surface area (Å²) in [6.07, 6.45) is 4.84. The van der Waals surface area contributed by atoms with E-state index in [1.54, 1.807) is 12.1 Å². The maximum Gasteiger partial charge on any atom is 0.306 e. The van der Waals surface area contributed by atoms with Crippen LogP contribution in [-0.4, -0.2) is 27.6 Å². The molecule has 1 heterocycles. The number of hydrogen-bond donors (Lipinski definition) is 2. The highest BCUT2D eigenvalue weighted by Gasteiger charge is 2.55. The molecule has 1 spiro atoms. The van der Waals surface area contributed by atoms with Crippen molar-refractivity contribution in [3.63, 3.8) is 0 Å². The lowest BCUT2D eigenvalue weighted by molar-refractivity contribution is -0.155. The molecule has 6 heteroatoms. The molecule has 2 aliphatic carbocycles. The number of rotatable bonds is 6. The van der Waals surface area contributed by atoms with Crippen molar-refractivity contribution in [3.8, 4) is 11.1 Å². The van der Waals surface area contributed by atoms with Gasteiger partial charge in [-0.15, -0.1) is 0 Å². The molecule has 5 nitrogen and oxygen atoms in total. The summed E-state index contributed by atoms with van der Waals surface area (Å²) in [5, 5.41) is 12.7. The maximum absolute atomic E-state index is 14.8. The number of benzene rings is 3. The van der Waals surface area contributed by atoms with E-state index in [1.807, 2.05) is 29.0 Å². The van der Waals surface area contributed by atoms with Gasteiger partial charge in [0.25, 0.3) is 5.91 Å². The lowest BCUT2D eigenvalue weighted by atomic mass is 9.50. The first kappa shape index (κ1) is 23.5. The molecule has 37 heavy (non-hydrogen) atoms. The van der Waals surface area contributed by atoms with Crippen molar-refractivity contribution >= 4 is 22.8 Å². The molecule has 6 rings (SSSR count). The molecule has 1 aromatic heterocycles. The second-order valence-corrected chi connectivity index (χ2v) is 10.8. The summed E-state index contributed by atoms with van der Waals surface area (Å²) in [6.45, 7) is 2.05. The highest BCUT2D eigenvalue weighted by molar-refractivity contribution is 6.06. The van der Waals surface area contributed by atoms with Gasteiger partial charge in [0.05, 0.1) is 23.0 Å². The Balaban J connectivity index is 1.23. The van der Waals surface area contributed by atoms with Gasteiger partial charge in [-0.1, -0.05) is 54.6 Å². The average Bonchev–Trinajstić information content (AvgIpc) is 3.31. The second kappa shape index (κ2) is 8.87. The monoisotopic (exact) mass is 496 g/mol. The molecule has 4 aromatic rings. The van der Waals surface area contributed by atoms with Crippen LogP contribution in [0.15, 0.2) is 79.0 Å². The van der Waals surface area contributed by atoms with Gasteiger partial charge in [0, 0.05) is 17.6 Å². The van der Waals surface area contributed by atoms with Gasteiger partial charge in [-0.25, -0.2) is 4.39 Å². The molecule has 2 fully saturated rings. The highest BCUT2D eigenvalue weighted by atomic mass is 19.1. The van der Waals surface area contributed by atoms with Crippen LogP contribution in [0.3, 0.4) is 0 Å². The molecule has 0 saturated heterocycles. The molecule has 188 valence electrons. The number of carbonyl (C=O) groups excluding carboxylic acids is 1. The van der Waals surface area contributed by atoms with Crippen molar-refractivity contribution in [3.05, 3.63) is 95.9 Å². The second-order valence-electron chi connectivity index (χ2n) is 10.8. The Hall–Kier alpha value is -3.93. The zero-order valence-electron chi connectivity index (χ0n) is 20.7. The van der Waals surface area contributed by atoms with Gasteiger partial charge in [0.2, 0.25) is 0 Å². The van der Waals surface area contributed by atoms with Crippen LogP contribution in [0, 0.1) is 17.2 Å². The van der Waals surface area contributed by atoms with Gasteiger partial charge >= 0.3 is 5.97 Å². The number of carboxylic acids is 1. The van der Waals surface area contributed by atoms with E-state index in [2.05, 4.69) is 48.6 Å². The fraction of sp³-hybridized carbons (Fsp3) is 0.290. The Morgan fingerprint density at radius 2 is 1.62 bits per heavy atom. The van der Waals surface area contributed by atoms with Gasteiger partial charge in [0.15, 0.2) is 0 Å². The first-order valence-electron chi connectivity index (χ1n) is 12.8. The Morgan fingerprint density at radius 3 is 2.30 bits per heavy atom. The molecule has 2 aliphatic rings. The number of nitrogens with zero attached hydrogens (tertiary/aromatic N) is 1. The summed E-state index contributed by atoms with van der Waals surface area (Å²) in [7, 11) is 0. The third-order valence-electron chi connectivity index (χ3n) is 8.39. The number of hydrogen-bond acceptors (Lipinski definition) is 2. The topological polar surface area (TPSA) is 71.3 Å². The largest absolute Gasteiger partial charge is 0.481 e. The molecular formula is C31H29FN2O3. The van der Waals surface area contributed by atoms with Crippen LogP contribution in [-0.2, 0) is 4.79 Å². The number of carbonyl (C=O) groups is 2. The molecular weight excluding hydrogens is 467 g/mol. The van der Waals surface area contributed by atoms with Gasteiger partial charge in [-0.05, 0) is 72.9 Å². The number of nitrogens with one attached hydrogen (secondary N) is 1. The van der Waals surface area contributed by atoms with Crippen molar-refractivity contribution in [1.82, 2.24) is 9.88 Å². The molecule has 0 aliphatic heterocycles. The molecule has 1 atom stereocenters. The summed E-state index contributed by atoms with van der Waals surface area (Å²) in [6, 6.07) is 23.1. The molecule has 1 amide bonds. The van der Waals surface area contributed by atoms with E-state index in [-0.39, 0.29) is 35.1 Å². The minimum atomic E-state index is -0.726. The maximum atomic E-state index is 14.8. The van der Waals surface area contributed by atoms with Crippen molar-refractivity contribution in [2.45, 2.75) is 44.7 Å². The van der Waals surface area contributed by atoms with Crippen molar-refractivity contribution in [1.29, 1.82) is 0 Å². The van der Waals surface area contributed by atoms with Crippen molar-refractivity contribution in [2.75, 3.05) is 0 Å². The average molecular weight is 497 g/mol. The standard InChI is InChI=1S/C31H29FN2O3/c1-19(20-7-9-22(10-8-20)21-5-3-2-4-6-21)34-14-13-25-27(32)12-11-26(28(25)34)29(35)33-24-17-31(18-24)15-23(16-31)30(36)37/h2-14,19,23-24H,15-18H2,1H3,(H,33,35)(H,36,37)/t19-,23?,24?,31?/m1/s1. The van der Waals surface area contributed by atoms with E-state index in [1.165, 1.54) is 6.07 Å². The van der Waals surface area contributed by atoms with Crippen LogP contribution in [0.5, 0.6) is 0 Å². The number of halogens is 1. The summed E-state index contributed by atoms with van der Waals surface area (Å²) in [5.74, 6) is -1.55. The Bertz CT molecular complexity index is 1480. The zero-order valence-corrected chi connectivity index (χ0v) is 20.7. The number of amides is 1. The minimum Gasteiger partial charge on any atom is -0.481 e. The zero-order chi connectivity index (χ0) is 25.7. The van der Waals surface area contributed by atoms with Crippen molar-refractivity contribution in [2.24, 2.45) is 11.3 Å². The summed E-state index contributed by atoms with van der Waals surface area (Å²) in [4.78, 5) is 24.5. The number of carboxylic acid groups (broad SMARTS) is 1. The minimum absolute atomic E-state index is 0.0220. The highest BCUT2D eigenvalue weighted by Crippen LogP contribution is 2.58. The van der Waals surface area contributed by atoms with E-state index in [0.717, 1.165) is 29.5 Å². The lowest BCUT2D eigenvalue weighted by Crippen LogP contribution is -2.57. The van der Waals surface area contributed by atoms with Crippen LogP contribution in [0.1, 0.15) is 54.6 Å². The first-order chi connectivity index (χ1) is 17.8. The SMILES string of the molecule is C[C@H](c1ccc(-c2ccccc2)cc1)n1ccc2c(F)ccc(C(=O)NC3CC4(C3)CC(C(=O)O)C4)c21. The van der Waals surface area contributed by atoms with Gasteiger partial charge in [0.1, 0.15) is 5.82 Å². The van der Waals surface area contributed by atoms with E-state index >= 15 is 0 Å². The van der Waals surface area contributed by atoms with Crippen LogP contribution >= 0.6 is 0 Å². The molecule has 0 bridgehead atoms. The third kappa shape index (κ3) is 4.10. The Labute approximate surface area is 214 Å². The van der Waals surface area contributed by atoms with Crippen LogP contribution in [0.4, 0.5) is 4.39 Å². The Kier molecular flexibility index (Phi) is 5.63. The van der Waals surface area contributed by atoms with Crippen LogP contribution in [0.25, 0.3) is 22.0 Å². The molecule has 0 radical (unpaired) electrons. The number of aliphatic carboxylic acids is 1. The van der Waals surface area contributed by atoms with Crippen molar-refractivity contribution < 1.29 is 19.1 Å². The van der Waals surface area contributed by atoms with Crippen LogP contribution < -0.4 is 5.32 Å². The molecule has 2 saturated carbocycles. The molecule has 0 unspecified atom stereocenters. The molecule has 2 N–H and O–H groups in total.